The summed E-state index contributed by atoms with van der Waals surface area (Å²) in [6.07, 6.45) is 11.9. The molecule has 1 aliphatic rings. The first kappa shape index (κ1) is 11.8. The van der Waals surface area contributed by atoms with Gasteiger partial charge in [-0.3, -0.25) is 0 Å². The Balaban J connectivity index is 2.70. The zero-order chi connectivity index (χ0) is 11.8. The lowest BCUT2D eigenvalue weighted by Gasteiger charge is -2.11. The maximum absolute atomic E-state index is 5.55. The molecule has 0 saturated heterocycles. The van der Waals surface area contributed by atoms with E-state index in [0.29, 0.717) is 17.3 Å². The van der Waals surface area contributed by atoms with E-state index < -0.39 is 0 Å². The highest BCUT2D eigenvalue weighted by atomic mass is 16.5. The molecule has 0 radical (unpaired) electrons. The minimum atomic E-state index is 0.586. The normalized spacial score (nSPS) is 15.6. The van der Waals surface area contributed by atoms with E-state index in [1.54, 1.807) is 42.8 Å². The lowest BCUT2D eigenvalue weighted by atomic mass is 10.3. The van der Waals surface area contributed by atoms with Crippen molar-refractivity contribution in [2.45, 2.75) is 0 Å². The van der Waals surface area contributed by atoms with Crippen LogP contribution in [0.5, 0.6) is 0 Å². The minimum Gasteiger partial charge on any atom is -0.454 e. The standard InChI is InChI=1S/C13H14N2O/c1-4-6-8-12(7-5-2)16-13-9-14-11(3)15-10-13/h4-10,14H,1-3H2/b8-6-,12-7+. The van der Waals surface area contributed by atoms with Gasteiger partial charge in [-0.1, -0.05) is 38.0 Å². The number of hydrogen-bond donors (Lipinski definition) is 1. The Kier molecular flexibility index (Phi) is 4.60. The quantitative estimate of drug-likeness (QED) is 0.564. The van der Waals surface area contributed by atoms with Crippen molar-refractivity contribution in [2.24, 2.45) is 4.99 Å². The van der Waals surface area contributed by atoms with E-state index in [4.69, 9.17) is 4.74 Å². The van der Waals surface area contributed by atoms with Crippen LogP contribution in [0.1, 0.15) is 0 Å². The maximum Gasteiger partial charge on any atom is 0.161 e. The highest BCUT2D eigenvalue weighted by molar-refractivity contribution is 5.78. The summed E-state index contributed by atoms with van der Waals surface area (Å²) in [7, 11) is 0. The molecule has 1 aliphatic heterocycles. The van der Waals surface area contributed by atoms with Gasteiger partial charge in [0.25, 0.3) is 0 Å². The molecule has 0 atom stereocenters. The lowest BCUT2D eigenvalue weighted by molar-refractivity contribution is 0.343. The molecule has 3 nitrogen and oxygen atoms in total. The molecule has 1 rings (SSSR count). The third kappa shape index (κ3) is 3.84. The zero-order valence-corrected chi connectivity index (χ0v) is 9.02. The van der Waals surface area contributed by atoms with Gasteiger partial charge in [-0.2, -0.15) is 0 Å². The largest absolute Gasteiger partial charge is 0.454 e. The molecule has 82 valence electrons. The van der Waals surface area contributed by atoms with Crippen molar-refractivity contribution in [3.05, 3.63) is 73.7 Å². The van der Waals surface area contributed by atoms with Crippen molar-refractivity contribution >= 4 is 6.21 Å². The van der Waals surface area contributed by atoms with Crippen molar-refractivity contribution in [1.82, 2.24) is 5.32 Å². The van der Waals surface area contributed by atoms with Crippen molar-refractivity contribution < 1.29 is 4.74 Å². The van der Waals surface area contributed by atoms with Gasteiger partial charge in [-0.25, -0.2) is 4.99 Å². The first-order chi connectivity index (χ1) is 7.76. The molecule has 0 unspecified atom stereocenters. The summed E-state index contributed by atoms with van der Waals surface area (Å²) in [5.74, 6) is 1.85. The lowest BCUT2D eigenvalue weighted by Crippen LogP contribution is -2.10. The third-order valence-electron chi connectivity index (χ3n) is 1.64. The van der Waals surface area contributed by atoms with Gasteiger partial charge in [-0.15, -0.1) is 0 Å². The average Bonchev–Trinajstić information content (AvgIpc) is 2.29. The van der Waals surface area contributed by atoms with Crippen LogP contribution >= 0.6 is 0 Å². The van der Waals surface area contributed by atoms with Crippen LogP contribution in [0.4, 0.5) is 0 Å². The molecule has 0 saturated carbocycles. The summed E-state index contributed by atoms with van der Waals surface area (Å²) in [6, 6.07) is 0. The predicted molar refractivity (Wildman–Crippen MR) is 67.6 cm³/mol. The van der Waals surface area contributed by atoms with E-state index in [2.05, 4.69) is 30.0 Å². The molecule has 0 bridgehead atoms. The second-order valence-electron chi connectivity index (χ2n) is 2.90. The number of nitrogens with zero attached hydrogens (tertiary/aromatic N) is 1. The number of ether oxygens (including phenoxy) is 1. The summed E-state index contributed by atoms with van der Waals surface area (Å²) < 4.78 is 5.55. The summed E-state index contributed by atoms with van der Waals surface area (Å²) >= 11 is 0. The van der Waals surface area contributed by atoms with Gasteiger partial charge >= 0.3 is 0 Å². The van der Waals surface area contributed by atoms with Crippen LogP contribution in [0.15, 0.2) is 78.6 Å². The fourth-order valence-corrected chi connectivity index (χ4v) is 0.965. The molecule has 16 heavy (non-hydrogen) atoms. The van der Waals surface area contributed by atoms with Gasteiger partial charge in [0.2, 0.25) is 0 Å². The van der Waals surface area contributed by atoms with Crippen LogP contribution in [0.25, 0.3) is 0 Å². The van der Waals surface area contributed by atoms with Crippen LogP contribution in [0.3, 0.4) is 0 Å². The van der Waals surface area contributed by atoms with E-state index in [1.165, 1.54) is 0 Å². The van der Waals surface area contributed by atoms with Crippen molar-refractivity contribution in [3.8, 4) is 0 Å². The number of allylic oxidation sites excluding steroid dienone is 6. The molecule has 1 N–H and O–H groups in total. The molecular weight excluding hydrogens is 200 g/mol. The third-order valence-corrected chi connectivity index (χ3v) is 1.64. The Bertz CT molecular complexity index is 412. The number of nitrogens with one attached hydrogen (secondary N) is 1. The Morgan fingerprint density at radius 1 is 1.38 bits per heavy atom. The van der Waals surface area contributed by atoms with Crippen molar-refractivity contribution in [3.63, 3.8) is 0 Å². The smallest absolute Gasteiger partial charge is 0.161 e. The summed E-state index contributed by atoms with van der Waals surface area (Å²) in [4.78, 5) is 3.98. The van der Waals surface area contributed by atoms with E-state index in [9.17, 15) is 0 Å². The minimum absolute atomic E-state index is 0.586. The molecular formula is C13H14N2O. The first-order valence-corrected chi connectivity index (χ1v) is 4.75. The fourth-order valence-electron chi connectivity index (χ4n) is 0.965. The first-order valence-electron chi connectivity index (χ1n) is 4.75. The molecule has 0 aliphatic carbocycles. The van der Waals surface area contributed by atoms with Gasteiger partial charge in [0, 0.05) is 6.20 Å². The Morgan fingerprint density at radius 3 is 2.75 bits per heavy atom. The van der Waals surface area contributed by atoms with Gasteiger partial charge in [0.1, 0.15) is 11.6 Å². The van der Waals surface area contributed by atoms with E-state index in [1.807, 2.05) is 0 Å². The maximum atomic E-state index is 5.55. The number of aliphatic imine (C=N–C) groups is 1. The predicted octanol–water partition coefficient (Wildman–Crippen LogP) is 2.80. The molecule has 0 amide bonds. The van der Waals surface area contributed by atoms with Crippen LogP contribution in [0, 0.1) is 0 Å². The topological polar surface area (TPSA) is 33.6 Å². The van der Waals surface area contributed by atoms with Crippen LogP contribution in [0.2, 0.25) is 0 Å². The Hall–Kier alpha value is -2.29. The summed E-state index contributed by atoms with van der Waals surface area (Å²) in [5, 5.41) is 2.86. The van der Waals surface area contributed by atoms with Crippen molar-refractivity contribution in [1.29, 1.82) is 0 Å². The molecule has 3 heteroatoms. The Labute approximate surface area is 95.5 Å². The van der Waals surface area contributed by atoms with Gasteiger partial charge < -0.3 is 10.1 Å². The molecule has 0 aromatic heterocycles. The van der Waals surface area contributed by atoms with Crippen LogP contribution in [-0.2, 0) is 4.74 Å². The second kappa shape index (κ2) is 6.24. The van der Waals surface area contributed by atoms with E-state index >= 15 is 0 Å². The van der Waals surface area contributed by atoms with E-state index in [0.717, 1.165) is 0 Å². The Morgan fingerprint density at radius 2 is 2.19 bits per heavy atom. The van der Waals surface area contributed by atoms with Gasteiger partial charge in [0.05, 0.1) is 6.21 Å². The molecule has 0 aromatic carbocycles. The van der Waals surface area contributed by atoms with E-state index in [-0.39, 0.29) is 0 Å². The summed E-state index contributed by atoms with van der Waals surface area (Å²) in [5.41, 5.74) is 0. The molecule has 0 aromatic rings. The highest BCUT2D eigenvalue weighted by Crippen LogP contribution is 2.09. The van der Waals surface area contributed by atoms with Crippen LogP contribution in [-0.4, -0.2) is 6.21 Å². The van der Waals surface area contributed by atoms with Crippen molar-refractivity contribution in [2.75, 3.05) is 0 Å². The highest BCUT2D eigenvalue weighted by Gasteiger charge is 2.02. The summed E-state index contributed by atoms with van der Waals surface area (Å²) in [6.45, 7) is 10.9. The SMILES string of the molecule is C=C/C=C\C(=C/C=C)OC1=CNC(=C)N=C1. The number of rotatable bonds is 5. The zero-order valence-electron chi connectivity index (χ0n) is 9.02. The van der Waals surface area contributed by atoms with Crippen LogP contribution < -0.4 is 5.32 Å². The van der Waals surface area contributed by atoms with Gasteiger partial charge in [0.15, 0.2) is 5.76 Å². The molecule has 0 fully saturated rings. The molecule has 0 spiro atoms. The monoisotopic (exact) mass is 214 g/mol. The number of hydrogen-bond acceptors (Lipinski definition) is 3. The van der Waals surface area contributed by atoms with Gasteiger partial charge in [-0.05, 0) is 12.2 Å². The average molecular weight is 214 g/mol. The molecule has 1 heterocycles. The fraction of sp³-hybridized carbons (Fsp3) is 0. The second-order valence-corrected chi connectivity index (χ2v) is 2.90.